The van der Waals surface area contributed by atoms with E-state index in [1.165, 1.54) is 0 Å². The van der Waals surface area contributed by atoms with Crippen LogP contribution in [-0.2, 0) is 6.42 Å². The van der Waals surface area contributed by atoms with Crippen LogP contribution in [-0.4, -0.2) is 34.7 Å². The number of hydrogen-bond donors (Lipinski definition) is 1. The number of likely N-dealkylation sites (tertiary alicyclic amines) is 1. The van der Waals surface area contributed by atoms with E-state index in [0.717, 1.165) is 53.9 Å². The van der Waals surface area contributed by atoms with Gasteiger partial charge in [-0.15, -0.1) is 0 Å². The Bertz CT molecular complexity index is 940. The summed E-state index contributed by atoms with van der Waals surface area (Å²) in [7, 11) is 0. The highest BCUT2D eigenvalue weighted by molar-refractivity contribution is 6.04. The van der Waals surface area contributed by atoms with Crippen LogP contribution in [0.4, 0.5) is 0 Å². The minimum absolute atomic E-state index is 0.00103. The van der Waals surface area contributed by atoms with Crippen molar-refractivity contribution in [3.05, 3.63) is 52.3 Å². The summed E-state index contributed by atoms with van der Waals surface area (Å²) < 4.78 is 5.54. The molecular formula is C24H30N2O3. The van der Waals surface area contributed by atoms with Gasteiger partial charge in [-0.2, -0.15) is 0 Å². The van der Waals surface area contributed by atoms with E-state index in [1.54, 1.807) is 0 Å². The normalized spacial score (nSPS) is 20.6. The van der Waals surface area contributed by atoms with Crippen molar-refractivity contribution in [1.82, 2.24) is 9.88 Å². The average molecular weight is 395 g/mol. The number of fused-ring (bicyclic) bond motifs is 1. The van der Waals surface area contributed by atoms with Gasteiger partial charge in [-0.3, -0.25) is 9.59 Å². The van der Waals surface area contributed by atoms with Crippen molar-refractivity contribution >= 4 is 11.7 Å². The number of carbonyl (C=O) groups excluding carboxylic acids is 2. The molecule has 1 aliphatic carbocycles. The summed E-state index contributed by atoms with van der Waals surface area (Å²) in [5.41, 5.74) is 4.11. The minimum atomic E-state index is -0.0693. The van der Waals surface area contributed by atoms with Gasteiger partial charge >= 0.3 is 0 Å². The molecule has 154 valence electrons. The van der Waals surface area contributed by atoms with E-state index >= 15 is 0 Å². The summed E-state index contributed by atoms with van der Waals surface area (Å²) in [5.74, 6) is 0.994. The molecule has 29 heavy (non-hydrogen) atoms. The molecule has 1 atom stereocenters. The van der Waals surface area contributed by atoms with E-state index in [2.05, 4.69) is 31.0 Å². The third-order valence-corrected chi connectivity index (χ3v) is 6.20. The largest absolute Gasteiger partial charge is 0.494 e. The molecule has 4 rings (SSSR count). The molecule has 1 aliphatic heterocycles. The summed E-state index contributed by atoms with van der Waals surface area (Å²) in [6.45, 7) is 9.46. The Labute approximate surface area is 172 Å². The molecule has 5 nitrogen and oxygen atoms in total. The highest BCUT2D eigenvalue weighted by Gasteiger charge is 2.37. The quantitative estimate of drug-likeness (QED) is 0.806. The van der Waals surface area contributed by atoms with Crippen molar-refractivity contribution in [2.24, 2.45) is 5.41 Å². The molecule has 1 fully saturated rings. The lowest BCUT2D eigenvalue weighted by Gasteiger charge is -2.28. The van der Waals surface area contributed by atoms with E-state index in [0.29, 0.717) is 18.7 Å². The monoisotopic (exact) mass is 394 g/mol. The highest BCUT2D eigenvalue weighted by atomic mass is 16.5. The van der Waals surface area contributed by atoms with Crippen LogP contribution in [0, 0.1) is 12.3 Å². The zero-order valence-corrected chi connectivity index (χ0v) is 17.8. The molecule has 1 N–H and O–H groups in total. The van der Waals surface area contributed by atoms with Gasteiger partial charge in [-0.05, 0) is 61.8 Å². The van der Waals surface area contributed by atoms with Gasteiger partial charge in [-0.25, -0.2) is 0 Å². The fourth-order valence-corrected chi connectivity index (χ4v) is 4.90. The van der Waals surface area contributed by atoms with Crippen LogP contribution in [0.3, 0.4) is 0 Å². The van der Waals surface area contributed by atoms with Crippen LogP contribution in [0.2, 0.25) is 0 Å². The Kier molecular flexibility index (Phi) is 5.01. The standard InChI is InChI=1S/C24H30N2O3/c1-5-29-17-10-8-16(9-11-17)19-7-6-12-26(19)23(28)22-15(2)21-18(25-22)13-24(3,4)14-20(21)27/h8-11,19,25H,5-7,12-14H2,1-4H3. The van der Waals surface area contributed by atoms with Crippen LogP contribution in [0.1, 0.15) is 83.7 Å². The molecule has 2 heterocycles. The smallest absolute Gasteiger partial charge is 0.271 e. The van der Waals surface area contributed by atoms with Crippen molar-refractivity contribution in [3.8, 4) is 5.75 Å². The van der Waals surface area contributed by atoms with Gasteiger partial charge < -0.3 is 14.6 Å². The first-order valence-corrected chi connectivity index (χ1v) is 10.6. The van der Waals surface area contributed by atoms with E-state index in [9.17, 15) is 9.59 Å². The van der Waals surface area contributed by atoms with Crippen LogP contribution in [0.5, 0.6) is 5.75 Å². The second-order valence-corrected chi connectivity index (χ2v) is 9.08. The summed E-state index contributed by atoms with van der Waals surface area (Å²) in [6, 6.07) is 8.11. The Morgan fingerprint density at radius 3 is 2.66 bits per heavy atom. The number of nitrogens with one attached hydrogen (secondary N) is 1. The van der Waals surface area contributed by atoms with Crippen LogP contribution in [0.15, 0.2) is 24.3 Å². The van der Waals surface area contributed by atoms with E-state index in [4.69, 9.17) is 4.74 Å². The first-order chi connectivity index (χ1) is 13.8. The van der Waals surface area contributed by atoms with Crippen molar-refractivity contribution < 1.29 is 14.3 Å². The Morgan fingerprint density at radius 2 is 1.97 bits per heavy atom. The van der Waals surface area contributed by atoms with Crippen LogP contribution < -0.4 is 4.74 Å². The number of nitrogens with zero attached hydrogens (tertiary/aromatic N) is 1. The number of ketones is 1. The summed E-state index contributed by atoms with van der Waals surface area (Å²) in [5, 5.41) is 0. The number of aromatic nitrogens is 1. The summed E-state index contributed by atoms with van der Waals surface area (Å²) in [4.78, 5) is 31.4. The zero-order chi connectivity index (χ0) is 20.8. The SMILES string of the molecule is CCOc1ccc(C2CCCN2C(=O)c2[nH]c3c(c2C)C(=O)CC(C)(C)C3)cc1. The molecule has 0 saturated carbocycles. The number of H-pyrrole nitrogens is 1. The van der Waals surface area contributed by atoms with Gasteiger partial charge in [0.25, 0.3) is 5.91 Å². The van der Waals surface area contributed by atoms with Gasteiger partial charge in [-0.1, -0.05) is 26.0 Å². The van der Waals surface area contributed by atoms with E-state index < -0.39 is 0 Å². The lowest BCUT2D eigenvalue weighted by Crippen LogP contribution is -2.31. The third kappa shape index (κ3) is 3.59. The first-order valence-electron chi connectivity index (χ1n) is 10.6. The van der Waals surface area contributed by atoms with Gasteiger partial charge in [0, 0.05) is 24.2 Å². The molecule has 0 bridgehead atoms. The van der Waals surface area contributed by atoms with Crippen molar-refractivity contribution in [3.63, 3.8) is 0 Å². The van der Waals surface area contributed by atoms with Crippen molar-refractivity contribution in [2.45, 2.75) is 59.4 Å². The van der Waals surface area contributed by atoms with Crippen LogP contribution >= 0.6 is 0 Å². The Morgan fingerprint density at radius 1 is 1.24 bits per heavy atom. The fourth-order valence-electron chi connectivity index (χ4n) is 4.90. The predicted octanol–water partition coefficient (Wildman–Crippen LogP) is 4.85. The number of amides is 1. The fraction of sp³-hybridized carbons (Fsp3) is 0.500. The molecule has 1 saturated heterocycles. The zero-order valence-electron chi connectivity index (χ0n) is 17.8. The lowest BCUT2D eigenvalue weighted by atomic mass is 9.75. The Balaban J connectivity index is 1.62. The Hall–Kier alpha value is -2.56. The first kappa shape index (κ1) is 19.7. The highest BCUT2D eigenvalue weighted by Crippen LogP contribution is 2.39. The molecule has 1 aromatic heterocycles. The van der Waals surface area contributed by atoms with Gasteiger partial charge in [0.1, 0.15) is 11.4 Å². The van der Waals surface area contributed by atoms with Gasteiger partial charge in [0.2, 0.25) is 0 Å². The molecule has 1 unspecified atom stereocenters. The predicted molar refractivity (Wildman–Crippen MR) is 113 cm³/mol. The summed E-state index contributed by atoms with van der Waals surface area (Å²) in [6.07, 6.45) is 3.26. The number of benzene rings is 1. The molecule has 0 radical (unpaired) electrons. The van der Waals surface area contributed by atoms with Crippen molar-refractivity contribution in [1.29, 1.82) is 0 Å². The van der Waals surface area contributed by atoms with Crippen LogP contribution in [0.25, 0.3) is 0 Å². The molecule has 1 aromatic carbocycles. The second-order valence-electron chi connectivity index (χ2n) is 9.08. The van der Waals surface area contributed by atoms with Gasteiger partial charge in [0.05, 0.1) is 12.6 Å². The second kappa shape index (κ2) is 7.36. The van der Waals surface area contributed by atoms with Crippen molar-refractivity contribution in [2.75, 3.05) is 13.2 Å². The maximum Gasteiger partial charge on any atom is 0.271 e. The molecule has 5 heteroatoms. The average Bonchev–Trinajstić information content (AvgIpc) is 3.26. The van der Waals surface area contributed by atoms with E-state index in [-0.39, 0.29) is 23.1 Å². The minimum Gasteiger partial charge on any atom is -0.494 e. The number of hydrogen-bond acceptors (Lipinski definition) is 3. The topological polar surface area (TPSA) is 62.4 Å². The van der Waals surface area contributed by atoms with Gasteiger partial charge in [0.15, 0.2) is 5.78 Å². The number of ether oxygens (including phenoxy) is 1. The summed E-state index contributed by atoms with van der Waals surface area (Å²) >= 11 is 0. The van der Waals surface area contributed by atoms with E-state index in [1.807, 2.05) is 30.9 Å². The number of rotatable bonds is 4. The molecule has 1 amide bonds. The number of carbonyl (C=O) groups is 2. The molecule has 2 aromatic rings. The molecule has 2 aliphatic rings. The maximum atomic E-state index is 13.5. The number of aromatic amines is 1. The molecular weight excluding hydrogens is 364 g/mol. The lowest BCUT2D eigenvalue weighted by molar-refractivity contribution is 0.0729. The maximum absolute atomic E-state index is 13.5. The molecule has 0 spiro atoms. The third-order valence-electron chi connectivity index (χ3n) is 6.20. The number of Topliss-reactive ketones (excluding diaryl/α,β-unsaturated/α-hetero) is 1.